The number of rotatable bonds is 5. The van der Waals surface area contributed by atoms with E-state index in [1.165, 1.54) is 0 Å². The van der Waals surface area contributed by atoms with Gasteiger partial charge in [0.15, 0.2) is 5.82 Å². The lowest BCUT2D eigenvalue weighted by Gasteiger charge is -2.51. The molecule has 0 radical (unpaired) electrons. The second-order valence-electron chi connectivity index (χ2n) is 8.95. The van der Waals surface area contributed by atoms with Crippen LogP contribution in [0.5, 0.6) is 0 Å². The van der Waals surface area contributed by atoms with Crippen molar-refractivity contribution in [1.82, 2.24) is 15.0 Å². The molecular formula is C24H25Cl2N3O3. The van der Waals surface area contributed by atoms with Crippen LogP contribution in [0.2, 0.25) is 10.0 Å². The van der Waals surface area contributed by atoms with Gasteiger partial charge in [-0.2, -0.15) is 0 Å². The summed E-state index contributed by atoms with van der Waals surface area (Å²) in [5, 5.41) is 5.10. The van der Waals surface area contributed by atoms with E-state index in [0.29, 0.717) is 22.3 Å². The van der Waals surface area contributed by atoms with Gasteiger partial charge in [0.1, 0.15) is 0 Å². The van der Waals surface area contributed by atoms with E-state index in [4.69, 9.17) is 23.2 Å². The number of halogens is 2. The summed E-state index contributed by atoms with van der Waals surface area (Å²) in [7, 11) is 0. The fourth-order valence-corrected chi connectivity index (χ4v) is 5.14. The number of aromatic nitrogens is 2. The summed E-state index contributed by atoms with van der Waals surface area (Å²) in [6, 6.07) is 15.2. The number of hydrogen-bond donors (Lipinski definition) is 1. The quantitative estimate of drug-likeness (QED) is 0.538. The predicted octanol–water partition coefficient (Wildman–Crippen LogP) is 5.38. The van der Waals surface area contributed by atoms with Crippen molar-refractivity contribution in [3.05, 3.63) is 86.1 Å². The second kappa shape index (κ2) is 8.75. The third kappa shape index (κ3) is 4.34. The Balaban J connectivity index is 1.85. The first-order valence-electron chi connectivity index (χ1n) is 10.6. The molecule has 0 bridgehead atoms. The molecule has 2 heterocycles. The molecule has 0 unspecified atom stereocenters. The van der Waals surface area contributed by atoms with Crippen molar-refractivity contribution >= 4 is 29.1 Å². The van der Waals surface area contributed by atoms with Crippen LogP contribution in [0, 0.1) is 5.41 Å². The van der Waals surface area contributed by atoms with E-state index in [9.17, 15) is 9.59 Å². The normalized spacial score (nSPS) is 23.7. The Labute approximate surface area is 196 Å². The van der Waals surface area contributed by atoms with Gasteiger partial charge in [0.2, 0.25) is 5.91 Å². The molecule has 1 aromatic heterocycles. The summed E-state index contributed by atoms with van der Waals surface area (Å²) >= 11 is 12.5. The maximum absolute atomic E-state index is 13.9. The number of nitrogens with zero attached hydrogens (tertiary/aromatic N) is 2. The van der Waals surface area contributed by atoms with Crippen molar-refractivity contribution in [3.63, 3.8) is 0 Å². The molecule has 1 aliphatic rings. The van der Waals surface area contributed by atoms with Gasteiger partial charge < -0.3 is 4.90 Å². The number of hydrogen-bond acceptors (Lipinski definition) is 4. The number of nitrogens with one attached hydrogen (secondary N) is 1. The number of piperidine rings is 1. The summed E-state index contributed by atoms with van der Waals surface area (Å²) < 4.78 is 4.67. The molecular weight excluding hydrogens is 449 g/mol. The number of carbonyl (C=O) groups is 1. The van der Waals surface area contributed by atoms with E-state index >= 15 is 0 Å². The van der Waals surface area contributed by atoms with Gasteiger partial charge >= 0.3 is 5.76 Å². The molecule has 8 heteroatoms. The van der Waals surface area contributed by atoms with Crippen molar-refractivity contribution in [3.8, 4) is 0 Å². The van der Waals surface area contributed by atoms with Crippen LogP contribution in [-0.2, 0) is 11.2 Å². The van der Waals surface area contributed by atoms with Crippen molar-refractivity contribution in [1.29, 1.82) is 0 Å². The van der Waals surface area contributed by atoms with Crippen LogP contribution >= 0.6 is 23.2 Å². The number of aromatic amines is 1. The van der Waals surface area contributed by atoms with Crippen LogP contribution < -0.4 is 5.76 Å². The van der Waals surface area contributed by atoms with Crippen LogP contribution in [0.4, 0.5) is 0 Å². The molecule has 1 aliphatic heterocycles. The van der Waals surface area contributed by atoms with Gasteiger partial charge in [-0.05, 0) is 55.7 Å². The molecule has 6 nitrogen and oxygen atoms in total. The van der Waals surface area contributed by atoms with Crippen molar-refractivity contribution in [2.75, 3.05) is 0 Å². The van der Waals surface area contributed by atoms with Crippen LogP contribution in [0.15, 0.2) is 57.8 Å². The Morgan fingerprint density at radius 3 is 2.44 bits per heavy atom. The van der Waals surface area contributed by atoms with Gasteiger partial charge in [0.25, 0.3) is 0 Å². The molecule has 2 aromatic carbocycles. The molecule has 32 heavy (non-hydrogen) atoms. The van der Waals surface area contributed by atoms with Crippen LogP contribution in [0.3, 0.4) is 0 Å². The van der Waals surface area contributed by atoms with Crippen molar-refractivity contribution < 1.29 is 9.32 Å². The zero-order valence-electron chi connectivity index (χ0n) is 18.1. The van der Waals surface area contributed by atoms with Gasteiger partial charge in [-0.25, -0.2) is 4.79 Å². The smallest absolute Gasteiger partial charge is 0.332 e. The zero-order chi connectivity index (χ0) is 23.0. The predicted molar refractivity (Wildman–Crippen MR) is 124 cm³/mol. The van der Waals surface area contributed by atoms with Crippen molar-refractivity contribution in [2.24, 2.45) is 5.41 Å². The minimum absolute atomic E-state index is 0.00887. The van der Waals surface area contributed by atoms with E-state index in [0.717, 1.165) is 11.1 Å². The molecule has 4 rings (SSSR count). The summed E-state index contributed by atoms with van der Waals surface area (Å²) in [6.45, 7) is 5.95. The fraction of sp³-hybridized carbons (Fsp3) is 0.375. The Bertz CT molecular complexity index is 1170. The minimum Gasteiger partial charge on any atom is -0.332 e. The monoisotopic (exact) mass is 473 g/mol. The molecule has 1 amide bonds. The number of benzene rings is 2. The summed E-state index contributed by atoms with van der Waals surface area (Å²) in [5.74, 6) is -0.282. The SMILES string of the molecule is CC(C)N1C(=O)[C@@](C)(Cc2noc(=O)[nH]2)C[C@H](c2cccc(Cl)c2)[C@H]1c1ccc(Cl)cc1. The number of H-pyrrole nitrogens is 1. The van der Waals surface area contributed by atoms with E-state index in [1.807, 2.05) is 74.2 Å². The molecule has 1 saturated heterocycles. The molecule has 1 fully saturated rings. The van der Waals surface area contributed by atoms with Gasteiger partial charge in [-0.1, -0.05) is 59.5 Å². The average Bonchev–Trinajstić information content (AvgIpc) is 3.14. The van der Waals surface area contributed by atoms with E-state index in [1.54, 1.807) is 0 Å². The topological polar surface area (TPSA) is 79.2 Å². The Morgan fingerprint density at radius 2 is 1.84 bits per heavy atom. The Kier molecular flexibility index (Phi) is 6.19. The highest BCUT2D eigenvalue weighted by Gasteiger charge is 2.50. The third-order valence-corrected chi connectivity index (χ3v) is 6.68. The van der Waals surface area contributed by atoms with Crippen LogP contribution in [0.1, 0.15) is 56.1 Å². The zero-order valence-corrected chi connectivity index (χ0v) is 19.7. The maximum Gasteiger partial charge on any atom is 0.438 e. The lowest BCUT2D eigenvalue weighted by molar-refractivity contribution is -0.153. The Hall–Kier alpha value is -2.57. The molecule has 3 atom stereocenters. The summed E-state index contributed by atoms with van der Waals surface area (Å²) in [4.78, 5) is 29.9. The first-order valence-corrected chi connectivity index (χ1v) is 11.3. The Morgan fingerprint density at radius 1 is 1.12 bits per heavy atom. The van der Waals surface area contributed by atoms with Crippen molar-refractivity contribution in [2.45, 2.75) is 51.6 Å². The average molecular weight is 474 g/mol. The molecule has 168 valence electrons. The van der Waals surface area contributed by atoms with Gasteiger partial charge in [0, 0.05) is 28.4 Å². The van der Waals surface area contributed by atoms with Gasteiger partial charge in [0.05, 0.1) is 11.5 Å². The molecule has 3 aromatic rings. The molecule has 0 spiro atoms. The highest BCUT2D eigenvalue weighted by Crippen LogP contribution is 2.51. The lowest BCUT2D eigenvalue weighted by atomic mass is 9.67. The minimum atomic E-state index is -0.792. The third-order valence-electron chi connectivity index (χ3n) is 6.19. The van der Waals surface area contributed by atoms with Gasteiger partial charge in [-0.3, -0.25) is 14.3 Å². The highest BCUT2D eigenvalue weighted by atomic mass is 35.5. The van der Waals surface area contributed by atoms with Gasteiger partial charge in [-0.15, -0.1) is 0 Å². The standard InChI is InChI=1S/C24H25Cl2N3O3/c1-14(2)29-21(15-7-9-17(25)10-8-15)19(16-5-4-6-18(26)11-16)12-24(3,22(29)30)13-20-27-23(31)32-28-20/h4-11,14,19,21H,12-13H2,1-3H3,(H,27,28,31)/t19-,21-,24-/m1/s1. The number of likely N-dealkylation sites (tertiary alicyclic amines) is 1. The summed E-state index contributed by atoms with van der Waals surface area (Å²) in [6.07, 6.45) is 0.822. The van der Waals surface area contributed by atoms with Crippen LogP contribution in [0.25, 0.3) is 0 Å². The van der Waals surface area contributed by atoms with Crippen LogP contribution in [-0.4, -0.2) is 27.0 Å². The number of amides is 1. The number of carbonyl (C=O) groups excluding carboxylic acids is 1. The molecule has 0 aliphatic carbocycles. The van der Waals surface area contributed by atoms with E-state index in [2.05, 4.69) is 14.7 Å². The molecule has 0 saturated carbocycles. The molecule has 1 N–H and O–H groups in total. The summed E-state index contributed by atoms with van der Waals surface area (Å²) in [5.41, 5.74) is 1.27. The van der Waals surface area contributed by atoms with E-state index in [-0.39, 0.29) is 30.3 Å². The largest absolute Gasteiger partial charge is 0.438 e. The first-order chi connectivity index (χ1) is 15.2. The lowest BCUT2D eigenvalue weighted by Crippen LogP contribution is -2.55. The maximum atomic E-state index is 13.9. The highest BCUT2D eigenvalue weighted by molar-refractivity contribution is 6.30. The second-order valence-corrected chi connectivity index (χ2v) is 9.82. The fourth-order valence-electron chi connectivity index (χ4n) is 4.82. The first kappa shape index (κ1) is 22.6. The van der Waals surface area contributed by atoms with E-state index < -0.39 is 11.2 Å².